The Morgan fingerprint density at radius 2 is 2.11 bits per heavy atom. The van der Waals surface area contributed by atoms with Gasteiger partial charge in [-0.25, -0.2) is 4.39 Å². The Balaban J connectivity index is 2.08. The molecule has 1 aromatic heterocycles. The van der Waals surface area contributed by atoms with Gasteiger partial charge in [0.1, 0.15) is 17.3 Å². The molecule has 2 rings (SSSR count). The molecule has 0 fully saturated rings. The van der Waals surface area contributed by atoms with Crippen molar-refractivity contribution in [3.63, 3.8) is 0 Å². The van der Waals surface area contributed by atoms with E-state index in [-0.39, 0.29) is 11.9 Å². The van der Waals surface area contributed by atoms with Crippen LogP contribution in [0.1, 0.15) is 18.2 Å². The van der Waals surface area contributed by atoms with Gasteiger partial charge in [0.2, 0.25) is 0 Å². The maximum atomic E-state index is 13.0. The molecule has 0 amide bonds. The Morgan fingerprint density at radius 1 is 1.32 bits per heavy atom. The summed E-state index contributed by atoms with van der Waals surface area (Å²) in [6.45, 7) is 4.66. The molecule has 1 atom stereocenters. The Bertz CT molecular complexity index is 549. The van der Waals surface area contributed by atoms with Crippen LogP contribution in [0.15, 0.2) is 34.7 Å². The van der Waals surface area contributed by atoms with Gasteiger partial charge in [0.15, 0.2) is 0 Å². The topological polar surface area (TPSA) is 45.4 Å². The van der Waals surface area contributed by atoms with Crippen LogP contribution in [0.3, 0.4) is 0 Å². The van der Waals surface area contributed by atoms with Gasteiger partial charge in [0.25, 0.3) is 0 Å². The van der Waals surface area contributed by atoms with Gasteiger partial charge in [-0.3, -0.25) is 0 Å². The lowest BCUT2D eigenvalue weighted by Gasteiger charge is -2.05. The minimum Gasteiger partial charge on any atom is -0.460 e. The van der Waals surface area contributed by atoms with Crippen LogP contribution in [0.25, 0.3) is 11.3 Å². The Labute approximate surface area is 112 Å². The molecule has 102 valence electrons. The van der Waals surface area contributed by atoms with E-state index in [0.29, 0.717) is 13.1 Å². The average Bonchev–Trinajstić information content (AvgIpc) is 2.77. The van der Waals surface area contributed by atoms with Gasteiger partial charge in [-0.05, 0) is 49.7 Å². The van der Waals surface area contributed by atoms with E-state index >= 15 is 0 Å². The van der Waals surface area contributed by atoms with Gasteiger partial charge in [0.05, 0.1) is 12.6 Å². The zero-order valence-corrected chi connectivity index (χ0v) is 11.1. The normalized spacial score (nSPS) is 12.6. The second-order valence-corrected chi connectivity index (χ2v) is 4.71. The second kappa shape index (κ2) is 5.99. The first kappa shape index (κ1) is 13.8. The molecule has 0 saturated carbocycles. The lowest BCUT2D eigenvalue weighted by Crippen LogP contribution is -2.23. The molecule has 3 nitrogen and oxygen atoms in total. The zero-order valence-electron chi connectivity index (χ0n) is 11.1. The summed E-state index contributed by atoms with van der Waals surface area (Å²) in [5.41, 5.74) is 1.74. The SMILES string of the molecule is Cc1cc(F)ccc1-c1ccc(CNCC(C)O)o1. The third kappa shape index (κ3) is 3.66. The highest BCUT2D eigenvalue weighted by atomic mass is 19.1. The van der Waals surface area contributed by atoms with Gasteiger partial charge in [0, 0.05) is 12.1 Å². The maximum absolute atomic E-state index is 13.0. The second-order valence-electron chi connectivity index (χ2n) is 4.71. The molecule has 0 aliphatic carbocycles. The van der Waals surface area contributed by atoms with Crippen LogP contribution in [0.2, 0.25) is 0 Å². The Kier molecular flexibility index (Phi) is 4.35. The highest BCUT2D eigenvalue weighted by Crippen LogP contribution is 2.26. The van der Waals surface area contributed by atoms with E-state index in [2.05, 4.69) is 5.32 Å². The summed E-state index contributed by atoms with van der Waals surface area (Å²) in [5, 5.41) is 12.2. The molecule has 0 radical (unpaired) electrons. The first-order valence-electron chi connectivity index (χ1n) is 6.30. The van der Waals surface area contributed by atoms with Gasteiger partial charge >= 0.3 is 0 Å². The Hall–Kier alpha value is -1.65. The molecule has 0 bridgehead atoms. The quantitative estimate of drug-likeness (QED) is 0.872. The summed E-state index contributed by atoms with van der Waals surface area (Å²) in [5.74, 6) is 1.28. The Morgan fingerprint density at radius 3 is 2.79 bits per heavy atom. The molecule has 19 heavy (non-hydrogen) atoms. The van der Waals surface area contributed by atoms with E-state index < -0.39 is 0 Å². The van der Waals surface area contributed by atoms with Crippen LogP contribution >= 0.6 is 0 Å². The lowest BCUT2D eigenvalue weighted by molar-refractivity contribution is 0.190. The number of aryl methyl sites for hydroxylation is 1. The number of nitrogens with one attached hydrogen (secondary N) is 1. The van der Waals surface area contributed by atoms with Gasteiger partial charge in [-0.2, -0.15) is 0 Å². The number of benzene rings is 1. The molecule has 0 spiro atoms. The van der Waals surface area contributed by atoms with E-state index in [1.807, 2.05) is 19.1 Å². The van der Waals surface area contributed by atoms with Gasteiger partial charge in [-0.1, -0.05) is 0 Å². The number of halogens is 1. The van der Waals surface area contributed by atoms with E-state index in [0.717, 1.165) is 22.6 Å². The predicted molar refractivity (Wildman–Crippen MR) is 72.2 cm³/mol. The standard InChI is InChI=1S/C15H18FNO2/c1-10-7-12(16)3-5-14(10)15-6-4-13(19-15)9-17-8-11(2)18/h3-7,11,17-18H,8-9H2,1-2H3. The zero-order chi connectivity index (χ0) is 13.8. The molecule has 1 aromatic carbocycles. The van der Waals surface area contributed by atoms with Crippen LogP contribution < -0.4 is 5.32 Å². The molecule has 1 unspecified atom stereocenters. The molecular weight excluding hydrogens is 245 g/mol. The first-order valence-corrected chi connectivity index (χ1v) is 6.30. The average molecular weight is 263 g/mol. The van der Waals surface area contributed by atoms with Crippen molar-refractivity contribution in [2.75, 3.05) is 6.54 Å². The highest BCUT2D eigenvalue weighted by molar-refractivity contribution is 5.61. The summed E-state index contributed by atoms with van der Waals surface area (Å²) < 4.78 is 18.8. The largest absolute Gasteiger partial charge is 0.460 e. The van der Waals surface area contributed by atoms with Crippen LogP contribution in [0.5, 0.6) is 0 Å². The van der Waals surface area contributed by atoms with Crippen LogP contribution in [-0.4, -0.2) is 17.8 Å². The van der Waals surface area contributed by atoms with Crippen molar-refractivity contribution in [3.05, 3.63) is 47.5 Å². The minimum atomic E-state index is -0.381. The van der Waals surface area contributed by atoms with Crippen molar-refractivity contribution >= 4 is 0 Å². The summed E-state index contributed by atoms with van der Waals surface area (Å²) >= 11 is 0. The van der Waals surface area contributed by atoms with Crippen molar-refractivity contribution in [1.29, 1.82) is 0 Å². The number of aliphatic hydroxyl groups is 1. The van der Waals surface area contributed by atoms with Crippen molar-refractivity contribution in [2.45, 2.75) is 26.5 Å². The van der Waals surface area contributed by atoms with E-state index in [4.69, 9.17) is 9.52 Å². The summed E-state index contributed by atoms with van der Waals surface area (Å²) in [6.07, 6.45) is -0.381. The number of aliphatic hydroxyl groups excluding tert-OH is 1. The van der Waals surface area contributed by atoms with Crippen molar-refractivity contribution in [3.8, 4) is 11.3 Å². The predicted octanol–water partition coefficient (Wildman–Crippen LogP) is 2.86. The third-order valence-electron chi connectivity index (χ3n) is 2.85. The molecule has 4 heteroatoms. The number of furan rings is 1. The highest BCUT2D eigenvalue weighted by Gasteiger charge is 2.08. The summed E-state index contributed by atoms with van der Waals surface area (Å²) in [7, 11) is 0. The third-order valence-corrected chi connectivity index (χ3v) is 2.85. The first-order chi connectivity index (χ1) is 9.06. The fourth-order valence-electron chi connectivity index (χ4n) is 1.93. The molecular formula is C15H18FNO2. The lowest BCUT2D eigenvalue weighted by atomic mass is 10.1. The summed E-state index contributed by atoms with van der Waals surface area (Å²) in [6, 6.07) is 8.39. The molecule has 2 aromatic rings. The van der Waals surface area contributed by atoms with Crippen molar-refractivity contribution in [1.82, 2.24) is 5.32 Å². The smallest absolute Gasteiger partial charge is 0.134 e. The van der Waals surface area contributed by atoms with Crippen molar-refractivity contribution in [2.24, 2.45) is 0 Å². The van der Waals surface area contributed by atoms with Crippen LogP contribution in [0, 0.1) is 12.7 Å². The molecule has 0 saturated heterocycles. The molecule has 2 N–H and O–H groups in total. The fraction of sp³-hybridized carbons (Fsp3) is 0.333. The molecule has 0 aliphatic rings. The minimum absolute atomic E-state index is 0.244. The van der Waals surface area contributed by atoms with E-state index in [1.54, 1.807) is 13.0 Å². The number of hydrogen-bond acceptors (Lipinski definition) is 3. The van der Waals surface area contributed by atoms with Gasteiger partial charge in [-0.15, -0.1) is 0 Å². The van der Waals surface area contributed by atoms with Gasteiger partial charge < -0.3 is 14.8 Å². The van der Waals surface area contributed by atoms with E-state index in [1.165, 1.54) is 12.1 Å². The van der Waals surface area contributed by atoms with Crippen LogP contribution in [0.4, 0.5) is 4.39 Å². The number of hydrogen-bond donors (Lipinski definition) is 2. The van der Waals surface area contributed by atoms with E-state index in [9.17, 15) is 4.39 Å². The number of rotatable bonds is 5. The fourth-order valence-corrected chi connectivity index (χ4v) is 1.93. The monoisotopic (exact) mass is 263 g/mol. The molecule has 0 aliphatic heterocycles. The summed E-state index contributed by atoms with van der Waals surface area (Å²) in [4.78, 5) is 0. The molecule has 1 heterocycles. The maximum Gasteiger partial charge on any atom is 0.134 e. The van der Waals surface area contributed by atoms with Crippen LogP contribution in [-0.2, 0) is 6.54 Å². The van der Waals surface area contributed by atoms with Crippen molar-refractivity contribution < 1.29 is 13.9 Å².